The third-order valence-corrected chi connectivity index (χ3v) is 4.41. The van der Waals surface area contributed by atoms with Crippen LogP contribution in [-0.2, 0) is 16.1 Å². The Morgan fingerprint density at radius 3 is 2.62 bits per heavy atom. The summed E-state index contributed by atoms with van der Waals surface area (Å²) in [6, 6.07) is 5.06. The molecular weight excluding hydrogens is 372 g/mol. The second kappa shape index (κ2) is 7.98. The third-order valence-electron chi connectivity index (χ3n) is 4.41. The molecule has 0 saturated carbocycles. The summed E-state index contributed by atoms with van der Waals surface area (Å²) in [5, 5.41) is 0.263. The summed E-state index contributed by atoms with van der Waals surface area (Å²) in [6.45, 7) is 9.44. The van der Waals surface area contributed by atoms with Gasteiger partial charge >= 0.3 is 5.97 Å². The number of carbonyl (C=O) groups is 2. The topological polar surface area (TPSA) is 95.0 Å². The number of ether oxygens (including phenoxy) is 1. The number of nitrogens with zero attached hydrogens (tertiary/aromatic N) is 4. The fourth-order valence-electron chi connectivity index (χ4n) is 3.25. The van der Waals surface area contributed by atoms with E-state index in [1.165, 1.54) is 17.4 Å². The summed E-state index contributed by atoms with van der Waals surface area (Å²) < 4.78 is 8.27. The maximum absolute atomic E-state index is 13.2. The van der Waals surface area contributed by atoms with Gasteiger partial charge in [0, 0.05) is 19.7 Å². The number of hydrogen-bond donors (Lipinski definition) is 0. The van der Waals surface area contributed by atoms with Crippen molar-refractivity contribution in [2.24, 2.45) is 10.9 Å². The first kappa shape index (κ1) is 20.4. The van der Waals surface area contributed by atoms with Crippen molar-refractivity contribution < 1.29 is 14.3 Å². The van der Waals surface area contributed by atoms with Crippen LogP contribution < -0.4 is 11.0 Å². The molecule has 29 heavy (non-hydrogen) atoms. The van der Waals surface area contributed by atoms with Gasteiger partial charge in [-0.3, -0.25) is 14.0 Å². The molecule has 3 aromatic heterocycles. The van der Waals surface area contributed by atoms with E-state index >= 15 is 0 Å². The van der Waals surface area contributed by atoms with Crippen LogP contribution in [0.15, 0.2) is 34.2 Å². The van der Waals surface area contributed by atoms with Crippen LogP contribution in [0.4, 0.5) is 0 Å². The smallest absolute Gasteiger partial charge is 0.341 e. The van der Waals surface area contributed by atoms with Crippen molar-refractivity contribution in [3.63, 3.8) is 0 Å². The summed E-state index contributed by atoms with van der Waals surface area (Å²) >= 11 is 0. The average molecular weight is 396 g/mol. The number of amides is 1. The van der Waals surface area contributed by atoms with E-state index in [2.05, 4.69) is 4.99 Å². The van der Waals surface area contributed by atoms with Gasteiger partial charge in [0.05, 0.1) is 12.0 Å². The molecule has 3 aromatic rings. The Balaban J connectivity index is 2.59. The second-order valence-electron chi connectivity index (χ2n) is 7.28. The summed E-state index contributed by atoms with van der Waals surface area (Å²) in [5.74, 6) is -0.944. The molecule has 152 valence electrons. The SMILES string of the molecule is CCOC(=O)c1cc2c(=O)n3cccc(C)c3nc2n(CC(C)C)c1=NC(C)=O. The van der Waals surface area contributed by atoms with Gasteiger partial charge in [0.2, 0.25) is 5.91 Å². The number of rotatable bonds is 4. The highest BCUT2D eigenvalue weighted by molar-refractivity contribution is 5.93. The Morgan fingerprint density at radius 2 is 2.00 bits per heavy atom. The highest BCUT2D eigenvalue weighted by atomic mass is 16.5. The van der Waals surface area contributed by atoms with Crippen molar-refractivity contribution in [3.8, 4) is 0 Å². The number of fused-ring (bicyclic) bond motifs is 2. The molecule has 0 spiro atoms. The number of pyridine rings is 2. The zero-order valence-electron chi connectivity index (χ0n) is 17.2. The van der Waals surface area contributed by atoms with E-state index in [0.717, 1.165) is 5.56 Å². The van der Waals surface area contributed by atoms with E-state index in [0.29, 0.717) is 17.8 Å². The van der Waals surface area contributed by atoms with Gasteiger partial charge < -0.3 is 9.30 Å². The van der Waals surface area contributed by atoms with E-state index in [1.807, 2.05) is 26.8 Å². The Bertz CT molecular complexity index is 1250. The van der Waals surface area contributed by atoms with Crippen LogP contribution in [0, 0.1) is 12.8 Å². The lowest BCUT2D eigenvalue weighted by Crippen LogP contribution is -2.33. The van der Waals surface area contributed by atoms with Crippen LogP contribution in [0.1, 0.15) is 43.6 Å². The van der Waals surface area contributed by atoms with Crippen molar-refractivity contribution in [2.75, 3.05) is 6.61 Å². The Hall–Kier alpha value is -3.29. The van der Waals surface area contributed by atoms with Gasteiger partial charge in [-0.2, -0.15) is 4.99 Å². The maximum Gasteiger partial charge on any atom is 0.341 e. The molecule has 0 atom stereocenters. The number of aryl methyl sites for hydroxylation is 1. The Kier molecular flexibility index (Phi) is 5.63. The second-order valence-corrected chi connectivity index (χ2v) is 7.28. The molecule has 0 saturated heterocycles. The van der Waals surface area contributed by atoms with Gasteiger partial charge in [-0.05, 0) is 37.5 Å². The molecule has 8 nitrogen and oxygen atoms in total. The van der Waals surface area contributed by atoms with Gasteiger partial charge in [-0.25, -0.2) is 9.78 Å². The summed E-state index contributed by atoms with van der Waals surface area (Å²) in [5.41, 5.74) is 1.66. The van der Waals surface area contributed by atoms with Crippen molar-refractivity contribution >= 4 is 28.6 Å². The standard InChI is InChI=1S/C21H24N4O4/c1-6-29-21(28)16-10-15-18(25(11-12(2)3)19(16)22-14(5)26)23-17-13(4)8-7-9-24(17)20(15)27/h7-10,12H,6,11H2,1-5H3. The third kappa shape index (κ3) is 3.83. The van der Waals surface area contributed by atoms with Gasteiger partial charge in [-0.1, -0.05) is 19.9 Å². The number of esters is 1. The van der Waals surface area contributed by atoms with Crippen molar-refractivity contribution in [3.05, 3.63) is 51.4 Å². The van der Waals surface area contributed by atoms with E-state index in [1.54, 1.807) is 23.8 Å². The summed E-state index contributed by atoms with van der Waals surface area (Å²) in [6.07, 6.45) is 1.64. The molecule has 0 unspecified atom stereocenters. The first-order valence-corrected chi connectivity index (χ1v) is 9.52. The van der Waals surface area contributed by atoms with Crippen molar-refractivity contribution in [1.82, 2.24) is 14.0 Å². The fourth-order valence-corrected chi connectivity index (χ4v) is 3.25. The van der Waals surface area contributed by atoms with Crippen LogP contribution >= 0.6 is 0 Å². The molecule has 0 aliphatic carbocycles. The quantitative estimate of drug-likeness (QED) is 0.498. The molecule has 0 aliphatic rings. The predicted molar refractivity (Wildman–Crippen MR) is 109 cm³/mol. The zero-order valence-corrected chi connectivity index (χ0v) is 17.2. The molecule has 1 amide bonds. The molecule has 0 aromatic carbocycles. The van der Waals surface area contributed by atoms with E-state index in [9.17, 15) is 14.4 Å². The van der Waals surface area contributed by atoms with Gasteiger partial charge in [-0.15, -0.1) is 0 Å². The van der Waals surface area contributed by atoms with E-state index in [-0.39, 0.29) is 34.5 Å². The van der Waals surface area contributed by atoms with E-state index in [4.69, 9.17) is 9.72 Å². The minimum atomic E-state index is -0.638. The largest absolute Gasteiger partial charge is 0.462 e. The lowest BCUT2D eigenvalue weighted by Gasteiger charge is -2.17. The van der Waals surface area contributed by atoms with Crippen molar-refractivity contribution in [2.45, 2.75) is 41.2 Å². The molecular formula is C21H24N4O4. The molecule has 0 aliphatic heterocycles. The first-order valence-electron chi connectivity index (χ1n) is 9.52. The number of hydrogen-bond acceptors (Lipinski definition) is 5. The fraction of sp³-hybridized carbons (Fsp3) is 0.381. The molecule has 3 heterocycles. The van der Waals surface area contributed by atoms with Gasteiger partial charge in [0.1, 0.15) is 16.9 Å². The van der Waals surface area contributed by atoms with E-state index < -0.39 is 11.9 Å². The zero-order chi connectivity index (χ0) is 21.3. The van der Waals surface area contributed by atoms with Crippen LogP contribution in [0.3, 0.4) is 0 Å². The maximum atomic E-state index is 13.2. The highest BCUT2D eigenvalue weighted by Gasteiger charge is 2.20. The lowest BCUT2D eigenvalue weighted by molar-refractivity contribution is -0.116. The molecule has 0 N–H and O–H groups in total. The van der Waals surface area contributed by atoms with Crippen LogP contribution in [0.25, 0.3) is 16.7 Å². The van der Waals surface area contributed by atoms with Crippen LogP contribution in [0.5, 0.6) is 0 Å². The van der Waals surface area contributed by atoms with Crippen LogP contribution in [0.2, 0.25) is 0 Å². The molecule has 8 heteroatoms. The molecule has 0 fully saturated rings. The minimum absolute atomic E-state index is 0.0710. The summed E-state index contributed by atoms with van der Waals surface area (Å²) in [4.78, 5) is 46.4. The molecule has 0 bridgehead atoms. The van der Waals surface area contributed by atoms with Crippen molar-refractivity contribution in [1.29, 1.82) is 0 Å². The molecule has 3 rings (SSSR count). The predicted octanol–water partition coefficient (Wildman–Crippen LogP) is 2.24. The van der Waals surface area contributed by atoms with Gasteiger partial charge in [0.15, 0.2) is 5.49 Å². The lowest BCUT2D eigenvalue weighted by atomic mass is 10.1. The number of carbonyl (C=O) groups excluding carboxylic acids is 2. The minimum Gasteiger partial charge on any atom is -0.462 e. The summed E-state index contributed by atoms with van der Waals surface area (Å²) in [7, 11) is 0. The van der Waals surface area contributed by atoms with Gasteiger partial charge in [0.25, 0.3) is 5.56 Å². The number of aromatic nitrogens is 3. The normalized spacial score (nSPS) is 12.1. The van der Waals surface area contributed by atoms with Crippen LogP contribution in [-0.4, -0.2) is 32.4 Å². The highest BCUT2D eigenvalue weighted by Crippen LogP contribution is 2.14. The first-order chi connectivity index (χ1) is 13.7. The average Bonchev–Trinajstić information content (AvgIpc) is 2.64. The molecule has 0 radical (unpaired) electrons. The monoisotopic (exact) mass is 396 g/mol. The Labute approximate surface area is 167 Å². The Morgan fingerprint density at radius 1 is 1.28 bits per heavy atom.